The van der Waals surface area contributed by atoms with E-state index in [4.69, 9.17) is 0 Å². The van der Waals surface area contributed by atoms with Crippen molar-refractivity contribution in [3.05, 3.63) is 18.7 Å². The molecule has 0 spiro atoms. The van der Waals surface area contributed by atoms with Crippen molar-refractivity contribution in [2.24, 2.45) is 0 Å². The maximum atomic E-state index is 11.2. The van der Waals surface area contributed by atoms with Crippen molar-refractivity contribution in [3.63, 3.8) is 0 Å². The largest absolute Gasteiger partial charge is 0.301 e. The zero-order valence-electron chi connectivity index (χ0n) is 6.69. The highest BCUT2D eigenvalue weighted by atomic mass is 16.2. The zero-order valence-corrected chi connectivity index (χ0v) is 6.69. The molecule has 60 valence electrons. The quantitative estimate of drug-likeness (QED) is 0.604. The van der Waals surface area contributed by atoms with Crippen molar-refractivity contribution in [1.82, 2.24) is 14.5 Å². The molecule has 0 aliphatic rings. The van der Waals surface area contributed by atoms with Crippen LogP contribution < -0.4 is 0 Å². The van der Waals surface area contributed by atoms with Gasteiger partial charge in [0.1, 0.15) is 6.33 Å². The Morgan fingerprint density at radius 1 is 1.64 bits per heavy atom. The van der Waals surface area contributed by atoms with Crippen LogP contribution in [0.1, 0.15) is 4.79 Å². The van der Waals surface area contributed by atoms with Gasteiger partial charge in [-0.1, -0.05) is 0 Å². The molecule has 4 nitrogen and oxygen atoms in total. The lowest BCUT2D eigenvalue weighted by molar-refractivity contribution is 0.0876. The molecule has 0 amide bonds. The standard InChI is InChI=1S/C7H11N3O/c1-9(2)5-7(11)10-4-3-8-6-10/h3-4,6H,5H2,1-2H3. The second-order valence-corrected chi connectivity index (χ2v) is 2.60. The molecule has 0 saturated carbocycles. The summed E-state index contributed by atoms with van der Waals surface area (Å²) in [5.41, 5.74) is 0. The number of nitrogens with zero attached hydrogens (tertiary/aromatic N) is 3. The number of hydrogen-bond donors (Lipinski definition) is 0. The highest BCUT2D eigenvalue weighted by Gasteiger charge is 2.03. The first-order valence-electron chi connectivity index (χ1n) is 3.36. The highest BCUT2D eigenvalue weighted by molar-refractivity contribution is 5.80. The van der Waals surface area contributed by atoms with E-state index < -0.39 is 0 Å². The molecule has 11 heavy (non-hydrogen) atoms. The van der Waals surface area contributed by atoms with Gasteiger partial charge in [0.25, 0.3) is 0 Å². The van der Waals surface area contributed by atoms with Crippen LogP contribution in [0.4, 0.5) is 0 Å². The van der Waals surface area contributed by atoms with Gasteiger partial charge in [-0.2, -0.15) is 0 Å². The van der Waals surface area contributed by atoms with E-state index in [9.17, 15) is 4.79 Å². The van der Waals surface area contributed by atoms with E-state index >= 15 is 0 Å². The highest BCUT2D eigenvalue weighted by Crippen LogP contribution is 1.86. The fraction of sp³-hybridized carbons (Fsp3) is 0.429. The zero-order chi connectivity index (χ0) is 8.27. The molecule has 0 aliphatic heterocycles. The van der Waals surface area contributed by atoms with Gasteiger partial charge in [-0.15, -0.1) is 0 Å². The number of carbonyl (C=O) groups is 1. The number of rotatable bonds is 2. The molecule has 1 aromatic heterocycles. The molecular weight excluding hydrogens is 142 g/mol. The summed E-state index contributed by atoms with van der Waals surface area (Å²) in [4.78, 5) is 16.8. The van der Waals surface area contributed by atoms with Crippen LogP contribution in [0, 0.1) is 0 Å². The van der Waals surface area contributed by atoms with Gasteiger partial charge in [-0.3, -0.25) is 9.36 Å². The monoisotopic (exact) mass is 153 g/mol. The Morgan fingerprint density at radius 2 is 2.36 bits per heavy atom. The van der Waals surface area contributed by atoms with Crippen LogP contribution in [-0.4, -0.2) is 41.0 Å². The van der Waals surface area contributed by atoms with Crippen molar-refractivity contribution >= 4 is 5.91 Å². The predicted molar refractivity (Wildman–Crippen MR) is 41.4 cm³/mol. The lowest BCUT2D eigenvalue weighted by Crippen LogP contribution is -2.25. The Balaban J connectivity index is 2.57. The van der Waals surface area contributed by atoms with Crippen molar-refractivity contribution in [2.45, 2.75) is 0 Å². The Morgan fingerprint density at radius 3 is 2.82 bits per heavy atom. The summed E-state index contributed by atoms with van der Waals surface area (Å²) in [5.74, 6) is 0.0347. The molecule has 4 heteroatoms. The molecule has 0 aromatic carbocycles. The molecule has 0 N–H and O–H groups in total. The first kappa shape index (κ1) is 7.94. The maximum absolute atomic E-state index is 11.2. The topological polar surface area (TPSA) is 38.1 Å². The maximum Gasteiger partial charge on any atom is 0.245 e. The molecular formula is C7H11N3O. The van der Waals surface area contributed by atoms with E-state index in [1.807, 2.05) is 19.0 Å². The van der Waals surface area contributed by atoms with Crippen LogP contribution in [0.25, 0.3) is 0 Å². The number of imidazole rings is 1. The van der Waals surface area contributed by atoms with Crippen LogP contribution in [0.2, 0.25) is 0 Å². The molecule has 0 fully saturated rings. The van der Waals surface area contributed by atoms with Crippen LogP contribution >= 0.6 is 0 Å². The average molecular weight is 153 g/mol. The van der Waals surface area contributed by atoms with Gasteiger partial charge in [0.2, 0.25) is 5.91 Å². The van der Waals surface area contributed by atoms with E-state index in [1.54, 1.807) is 12.4 Å². The minimum Gasteiger partial charge on any atom is -0.301 e. The molecule has 0 atom stereocenters. The summed E-state index contributed by atoms with van der Waals surface area (Å²) in [7, 11) is 3.71. The fourth-order valence-corrected chi connectivity index (χ4v) is 0.759. The van der Waals surface area contributed by atoms with Crippen LogP contribution in [0.3, 0.4) is 0 Å². The molecule has 0 bridgehead atoms. The summed E-state index contributed by atoms with van der Waals surface area (Å²) < 4.78 is 1.47. The summed E-state index contributed by atoms with van der Waals surface area (Å²) >= 11 is 0. The number of aromatic nitrogens is 2. The SMILES string of the molecule is CN(C)CC(=O)n1ccnc1. The van der Waals surface area contributed by atoms with E-state index in [2.05, 4.69) is 4.98 Å². The molecule has 0 saturated heterocycles. The minimum absolute atomic E-state index is 0.0347. The summed E-state index contributed by atoms with van der Waals surface area (Å²) in [6, 6.07) is 0. The average Bonchev–Trinajstić information content (AvgIpc) is 2.35. The third-order valence-electron chi connectivity index (χ3n) is 1.24. The van der Waals surface area contributed by atoms with Crippen molar-refractivity contribution in [1.29, 1.82) is 0 Å². The van der Waals surface area contributed by atoms with Crippen molar-refractivity contribution < 1.29 is 4.79 Å². The summed E-state index contributed by atoms with van der Waals surface area (Å²) in [5, 5.41) is 0. The van der Waals surface area contributed by atoms with Gasteiger partial charge < -0.3 is 4.90 Å². The van der Waals surface area contributed by atoms with Crippen LogP contribution in [-0.2, 0) is 0 Å². The molecule has 1 heterocycles. The van der Waals surface area contributed by atoms with Crippen LogP contribution in [0.5, 0.6) is 0 Å². The van der Waals surface area contributed by atoms with Gasteiger partial charge in [0.15, 0.2) is 0 Å². The van der Waals surface area contributed by atoms with Gasteiger partial charge in [0, 0.05) is 12.4 Å². The summed E-state index contributed by atoms with van der Waals surface area (Å²) in [6.07, 6.45) is 4.74. The van der Waals surface area contributed by atoms with E-state index in [0.717, 1.165) is 0 Å². The third-order valence-corrected chi connectivity index (χ3v) is 1.24. The molecule has 1 rings (SSSR count). The van der Waals surface area contributed by atoms with Gasteiger partial charge >= 0.3 is 0 Å². The van der Waals surface area contributed by atoms with E-state index in [-0.39, 0.29) is 5.91 Å². The van der Waals surface area contributed by atoms with E-state index in [1.165, 1.54) is 10.9 Å². The summed E-state index contributed by atoms with van der Waals surface area (Å²) in [6.45, 7) is 0.413. The predicted octanol–water partition coefficient (Wildman–Crippen LogP) is 0.0849. The molecule has 0 aliphatic carbocycles. The Kier molecular flexibility index (Phi) is 2.38. The van der Waals surface area contributed by atoms with Crippen LogP contribution in [0.15, 0.2) is 18.7 Å². The first-order chi connectivity index (χ1) is 5.20. The molecule has 0 unspecified atom stereocenters. The third kappa shape index (κ3) is 2.16. The van der Waals surface area contributed by atoms with Gasteiger partial charge in [0.05, 0.1) is 6.54 Å². The Bertz CT molecular complexity index is 228. The number of hydrogen-bond acceptors (Lipinski definition) is 3. The number of carbonyl (C=O) groups excluding carboxylic acids is 1. The van der Waals surface area contributed by atoms with E-state index in [0.29, 0.717) is 6.54 Å². The smallest absolute Gasteiger partial charge is 0.245 e. The van der Waals surface area contributed by atoms with Crippen molar-refractivity contribution in [3.8, 4) is 0 Å². The normalized spacial score (nSPS) is 10.5. The second kappa shape index (κ2) is 3.30. The molecule has 1 aromatic rings. The van der Waals surface area contributed by atoms with Gasteiger partial charge in [-0.05, 0) is 14.1 Å². The van der Waals surface area contributed by atoms with Gasteiger partial charge in [-0.25, -0.2) is 4.98 Å². The number of likely N-dealkylation sites (N-methyl/N-ethyl adjacent to an activating group) is 1. The Hall–Kier alpha value is -1.16. The van der Waals surface area contributed by atoms with Crippen molar-refractivity contribution in [2.75, 3.05) is 20.6 Å². The fourth-order valence-electron chi connectivity index (χ4n) is 0.759. The lowest BCUT2D eigenvalue weighted by atomic mass is 10.5. The Labute approximate surface area is 65.5 Å². The first-order valence-corrected chi connectivity index (χ1v) is 3.36. The minimum atomic E-state index is 0.0347. The molecule has 0 radical (unpaired) electrons. The second-order valence-electron chi connectivity index (χ2n) is 2.60. The lowest BCUT2D eigenvalue weighted by Gasteiger charge is -2.07.